The lowest BCUT2D eigenvalue weighted by Crippen LogP contribution is -2.43. The maximum Gasteiger partial charge on any atom is 0.257 e. The van der Waals surface area contributed by atoms with Gasteiger partial charge in [0, 0.05) is 24.4 Å². The molecular formula is C27H30N2O3. The third-order valence-electron chi connectivity index (χ3n) is 6.43. The summed E-state index contributed by atoms with van der Waals surface area (Å²) in [6, 6.07) is 20.2. The number of unbranched alkanes of at least 4 members (excludes halogenated alkanes) is 1. The number of para-hydroxylation sites is 1. The Balaban J connectivity index is 1.60. The molecule has 0 aliphatic carbocycles. The fraction of sp³-hybridized carbons (Fsp3) is 0.370. The maximum absolute atomic E-state index is 13.5. The van der Waals surface area contributed by atoms with Crippen molar-refractivity contribution in [1.29, 1.82) is 0 Å². The van der Waals surface area contributed by atoms with Gasteiger partial charge in [0.25, 0.3) is 5.91 Å². The molecular weight excluding hydrogens is 400 g/mol. The molecule has 2 heterocycles. The lowest BCUT2D eigenvalue weighted by molar-refractivity contribution is 0.0636. The topological polar surface area (TPSA) is 50.8 Å². The van der Waals surface area contributed by atoms with Crippen LogP contribution in [0.5, 0.6) is 5.75 Å². The Morgan fingerprint density at radius 3 is 2.78 bits per heavy atom. The number of hydrogen-bond donors (Lipinski definition) is 1. The zero-order chi connectivity index (χ0) is 21.9. The smallest absolute Gasteiger partial charge is 0.257 e. The summed E-state index contributed by atoms with van der Waals surface area (Å²) in [6.07, 6.45) is 3.92. The molecule has 2 atom stereocenters. The molecule has 1 fully saturated rings. The van der Waals surface area contributed by atoms with Gasteiger partial charge in [0.2, 0.25) is 0 Å². The van der Waals surface area contributed by atoms with Gasteiger partial charge in [-0.2, -0.15) is 0 Å². The average molecular weight is 431 g/mol. The van der Waals surface area contributed by atoms with E-state index in [-0.39, 0.29) is 18.2 Å². The Hall–Kier alpha value is -3.05. The van der Waals surface area contributed by atoms with Crippen LogP contribution in [0.3, 0.4) is 0 Å². The van der Waals surface area contributed by atoms with E-state index in [2.05, 4.69) is 30.4 Å². The molecule has 1 saturated heterocycles. The molecule has 1 N–H and O–H groups in total. The van der Waals surface area contributed by atoms with E-state index in [0.29, 0.717) is 13.2 Å². The summed E-state index contributed by atoms with van der Waals surface area (Å²) >= 11 is 0. The van der Waals surface area contributed by atoms with E-state index in [0.717, 1.165) is 65.6 Å². The van der Waals surface area contributed by atoms with E-state index in [1.54, 1.807) is 0 Å². The van der Waals surface area contributed by atoms with Crippen molar-refractivity contribution in [2.75, 3.05) is 25.1 Å². The van der Waals surface area contributed by atoms with E-state index in [1.165, 1.54) is 0 Å². The minimum Gasteiger partial charge on any atom is -0.490 e. The molecule has 166 valence electrons. The number of hydrogen-bond acceptors (Lipinski definition) is 4. The minimum atomic E-state index is -0.297. The zero-order valence-electron chi connectivity index (χ0n) is 18.5. The van der Waals surface area contributed by atoms with Crippen molar-refractivity contribution in [2.24, 2.45) is 0 Å². The Kier molecular flexibility index (Phi) is 5.99. The minimum absolute atomic E-state index is 0.0656. The Morgan fingerprint density at radius 2 is 1.94 bits per heavy atom. The van der Waals surface area contributed by atoms with E-state index in [1.807, 2.05) is 47.4 Å². The molecule has 2 unspecified atom stereocenters. The first-order valence-corrected chi connectivity index (χ1v) is 11.7. The standard InChI is InChI=1S/C27H30N2O3/c1-2-3-16-29-26(28-23-13-7-6-12-22(23)27(29)30)25-21-11-5-4-9-19(21)14-15-24(25)32-18-20-10-8-17-31-20/h4-7,9,11-15,20,26,28H,2-3,8,10,16-18H2,1H3. The number of rotatable bonds is 7. The molecule has 5 rings (SSSR count). The normalized spacial score (nSPS) is 20.3. The van der Waals surface area contributed by atoms with E-state index in [4.69, 9.17) is 9.47 Å². The summed E-state index contributed by atoms with van der Waals surface area (Å²) in [6.45, 7) is 4.17. The summed E-state index contributed by atoms with van der Waals surface area (Å²) in [5.41, 5.74) is 2.61. The molecule has 0 saturated carbocycles. The number of ether oxygens (including phenoxy) is 2. The number of benzene rings is 3. The highest BCUT2D eigenvalue weighted by Crippen LogP contribution is 2.41. The first kappa shape index (κ1) is 20.8. The van der Waals surface area contributed by atoms with Gasteiger partial charge in [-0.3, -0.25) is 4.79 Å². The third kappa shape index (κ3) is 3.93. The van der Waals surface area contributed by atoms with Gasteiger partial charge in [-0.25, -0.2) is 0 Å². The molecule has 0 aromatic heterocycles. The monoisotopic (exact) mass is 430 g/mol. The van der Waals surface area contributed by atoms with E-state index in [9.17, 15) is 4.79 Å². The summed E-state index contributed by atoms with van der Waals surface area (Å²) < 4.78 is 12.1. The SMILES string of the molecule is CCCCN1C(=O)c2ccccc2NC1c1c(OCC2CCCO2)ccc2ccccc12. The zero-order valence-corrected chi connectivity index (χ0v) is 18.5. The van der Waals surface area contributed by atoms with Crippen LogP contribution in [0.4, 0.5) is 5.69 Å². The van der Waals surface area contributed by atoms with Crippen LogP contribution < -0.4 is 10.1 Å². The van der Waals surface area contributed by atoms with Gasteiger partial charge < -0.3 is 19.7 Å². The number of carbonyl (C=O) groups is 1. The molecule has 1 amide bonds. The average Bonchev–Trinajstić information content (AvgIpc) is 3.35. The molecule has 3 aromatic carbocycles. The summed E-state index contributed by atoms with van der Waals surface area (Å²) in [5.74, 6) is 0.876. The van der Waals surface area contributed by atoms with Crippen LogP contribution in [0.25, 0.3) is 10.8 Å². The molecule has 0 spiro atoms. The van der Waals surface area contributed by atoms with Crippen LogP contribution in [0, 0.1) is 0 Å². The second-order valence-electron chi connectivity index (χ2n) is 8.59. The molecule has 5 heteroatoms. The van der Waals surface area contributed by atoms with Crippen LogP contribution in [-0.2, 0) is 4.74 Å². The first-order chi connectivity index (χ1) is 15.8. The molecule has 32 heavy (non-hydrogen) atoms. The van der Waals surface area contributed by atoms with Crippen LogP contribution in [0.1, 0.15) is 54.7 Å². The highest BCUT2D eigenvalue weighted by Gasteiger charge is 2.35. The van der Waals surface area contributed by atoms with Crippen molar-refractivity contribution < 1.29 is 14.3 Å². The fourth-order valence-electron chi connectivity index (χ4n) is 4.72. The van der Waals surface area contributed by atoms with Crippen molar-refractivity contribution in [3.8, 4) is 5.75 Å². The van der Waals surface area contributed by atoms with Crippen LogP contribution in [0.2, 0.25) is 0 Å². The second kappa shape index (κ2) is 9.21. The first-order valence-electron chi connectivity index (χ1n) is 11.7. The number of carbonyl (C=O) groups excluding carboxylic acids is 1. The van der Waals surface area contributed by atoms with E-state index < -0.39 is 0 Å². The molecule has 2 aliphatic rings. The van der Waals surface area contributed by atoms with Crippen LogP contribution in [0.15, 0.2) is 60.7 Å². The number of anilines is 1. The highest BCUT2D eigenvalue weighted by molar-refractivity contribution is 6.02. The van der Waals surface area contributed by atoms with Crippen molar-refractivity contribution >= 4 is 22.4 Å². The summed E-state index contributed by atoms with van der Waals surface area (Å²) in [7, 11) is 0. The molecule has 2 aliphatic heterocycles. The lowest BCUT2D eigenvalue weighted by Gasteiger charge is -2.39. The van der Waals surface area contributed by atoms with E-state index >= 15 is 0 Å². The van der Waals surface area contributed by atoms with Crippen LogP contribution in [-0.4, -0.2) is 36.7 Å². The Morgan fingerprint density at radius 1 is 1.09 bits per heavy atom. The predicted molar refractivity (Wildman–Crippen MR) is 127 cm³/mol. The van der Waals surface area contributed by atoms with Crippen molar-refractivity contribution in [2.45, 2.75) is 44.9 Å². The van der Waals surface area contributed by atoms with Gasteiger partial charge in [0.05, 0.1) is 11.7 Å². The maximum atomic E-state index is 13.5. The number of nitrogens with one attached hydrogen (secondary N) is 1. The largest absolute Gasteiger partial charge is 0.490 e. The van der Waals surface area contributed by atoms with Gasteiger partial charge in [0.1, 0.15) is 18.5 Å². The van der Waals surface area contributed by atoms with Crippen LogP contribution >= 0.6 is 0 Å². The van der Waals surface area contributed by atoms with Crippen molar-refractivity contribution in [3.63, 3.8) is 0 Å². The highest BCUT2D eigenvalue weighted by atomic mass is 16.5. The summed E-state index contributed by atoms with van der Waals surface area (Å²) in [4.78, 5) is 15.5. The molecule has 3 aromatic rings. The third-order valence-corrected chi connectivity index (χ3v) is 6.43. The van der Waals surface area contributed by atoms with Gasteiger partial charge in [0.15, 0.2) is 0 Å². The Labute approximate surface area is 189 Å². The number of amides is 1. The molecule has 5 nitrogen and oxygen atoms in total. The van der Waals surface area contributed by atoms with Gasteiger partial charge in [-0.05, 0) is 48.2 Å². The van der Waals surface area contributed by atoms with Gasteiger partial charge >= 0.3 is 0 Å². The summed E-state index contributed by atoms with van der Waals surface area (Å²) in [5, 5.41) is 5.89. The lowest BCUT2D eigenvalue weighted by atomic mass is 9.97. The van der Waals surface area contributed by atoms with Gasteiger partial charge in [-0.1, -0.05) is 55.8 Å². The number of fused-ring (bicyclic) bond motifs is 2. The van der Waals surface area contributed by atoms with Gasteiger partial charge in [-0.15, -0.1) is 0 Å². The van der Waals surface area contributed by atoms with Crippen molar-refractivity contribution in [1.82, 2.24) is 4.90 Å². The quantitative estimate of drug-likeness (QED) is 0.517. The Bertz CT molecular complexity index is 1110. The number of nitrogens with zero attached hydrogens (tertiary/aromatic N) is 1. The second-order valence-corrected chi connectivity index (χ2v) is 8.59. The molecule has 0 radical (unpaired) electrons. The fourth-order valence-corrected chi connectivity index (χ4v) is 4.72. The predicted octanol–water partition coefficient (Wildman–Crippen LogP) is 5.76. The molecule has 0 bridgehead atoms. The van der Waals surface area contributed by atoms with Crippen molar-refractivity contribution in [3.05, 3.63) is 71.8 Å².